The van der Waals surface area contributed by atoms with Crippen LogP contribution in [0.25, 0.3) is 0 Å². The average Bonchev–Trinajstić information content (AvgIpc) is 0.768. The lowest BCUT2D eigenvalue weighted by Crippen LogP contribution is -2.70. The molecular weight excluding hydrogens is 1790 g/mol. The highest BCUT2D eigenvalue weighted by Gasteiger charge is 2.62. The minimum atomic E-state index is -3.11. The Labute approximate surface area is 742 Å². The van der Waals surface area contributed by atoms with Gasteiger partial charge in [0.15, 0.2) is 50.3 Å². The molecule has 0 bridgehead atoms. The highest BCUT2D eigenvalue weighted by Crippen LogP contribution is 2.41. The zero-order valence-corrected chi connectivity index (χ0v) is 70.8. The normalized spacial score (nSPS) is 45.0. The van der Waals surface area contributed by atoms with Crippen LogP contribution in [-0.4, -0.2) is 556 Å². The third-order valence-electron chi connectivity index (χ3n) is 23.4. The SMILES string of the molecule is CC(=O)N[C@H]1[C@H]([C@H](O)[C@H](O)CO)OC(OC[C@H]2OC(O[C@H]3[C@H](O)[C@@H](NC(C)=O)C(O[C@@H]4C(O[C@H]5[C@H](O)[C@@H](COC6O[C@H](CO)[C@@H](O)[C@H](O)[C@@H]6OC6O[C@H](CO)[C@@H](O)[C@H](O)[C@H]6NC(C)=O)OC(O[C@H]6[C@H](O)[C@@H](NC(C)=O)C(O[C@@H]([C@H](O)[C@H](CO)NC(C)=O)[C@H](O)COC7O[C@@H](C)[C@@H](O)[C@@H](O)[C@@H]7O)O[C@@H]6CO)[C@H]5O)O[C@H](CO)[C@@H](O)[C@@H]4O)O[C@@H]3CO)[C@H](O)[C@@H](O)[C@H]2O)(C(=O)O)C[C@@H]1O. The Hall–Kier alpha value is -5.02. The number of aliphatic carboxylic acids is 1. The second kappa shape index (κ2) is 48.0. The molecule has 758 valence electrons. The lowest BCUT2D eigenvalue weighted by molar-refractivity contribution is -0.398. The van der Waals surface area contributed by atoms with Gasteiger partial charge in [-0.3, -0.25) is 24.0 Å². The van der Waals surface area contributed by atoms with Crippen LogP contribution in [0.15, 0.2) is 0 Å². The molecule has 9 fully saturated rings. The van der Waals surface area contributed by atoms with Gasteiger partial charge in [-0.15, -0.1) is 0 Å². The number of aliphatic hydroxyl groups is 28. The van der Waals surface area contributed by atoms with Gasteiger partial charge in [-0.25, -0.2) is 4.79 Å². The second-order valence-electron chi connectivity index (χ2n) is 33.0. The van der Waals surface area contributed by atoms with Crippen molar-refractivity contribution in [1.82, 2.24) is 26.6 Å². The third kappa shape index (κ3) is 25.4. The highest BCUT2D eigenvalue weighted by atomic mass is 16.8. The number of hydrogen-bond donors (Lipinski definition) is 34. The average molecular weight is 1920 g/mol. The van der Waals surface area contributed by atoms with Crippen molar-refractivity contribution in [3.63, 3.8) is 0 Å². The maximum atomic E-state index is 13.2. The van der Waals surface area contributed by atoms with E-state index in [1.165, 1.54) is 6.92 Å². The predicted octanol–water partition coefficient (Wildman–Crippen LogP) is -22.2. The second-order valence-corrected chi connectivity index (χ2v) is 33.0. The van der Waals surface area contributed by atoms with Crippen LogP contribution in [0.5, 0.6) is 0 Å². The van der Waals surface area contributed by atoms with Crippen molar-refractivity contribution in [2.45, 2.75) is 354 Å². The first-order chi connectivity index (χ1) is 61.7. The molecule has 9 rings (SSSR count). The lowest BCUT2D eigenvalue weighted by Gasteiger charge is -2.51. The molecule has 0 aliphatic carbocycles. The Balaban J connectivity index is 1.04. The molecule has 131 heavy (non-hydrogen) atoms. The molecule has 50 atom stereocenters. The summed E-state index contributed by atoms with van der Waals surface area (Å²) in [5.74, 6) is -9.90. The molecule has 0 aromatic carbocycles. The molecule has 0 spiro atoms. The van der Waals surface area contributed by atoms with Crippen LogP contribution in [0.2, 0.25) is 0 Å². The van der Waals surface area contributed by atoms with Gasteiger partial charge in [0.25, 0.3) is 5.79 Å². The number of carboxylic acid groups (broad SMARTS) is 1. The van der Waals surface area contributed by atoms with Gasteiger partial charge < -0.3 is 260 Å². The summed E-state index contributed by atoms with van der Waals surface area (Å²) in [4.78, 5) is 76.6. The summed E-state index contributed by atoms with van der Waals surface area (Å²) in [5.41, 5.74) is 0. The Bertz CT molecular complexity index is 3610. The smallest absolute Gasteiger partial charge is 0.364 e. The first kappa shape index (κ1) is 110. The molecule has 0 aromatic rings. The monoisotopic (exact) mass is 1920 g/mol. The van der Waals surface area contributed by atoms with E-state index in [-0.39, 0.29) is 0 Å². The van der Waals surface area contributed by atoms with Gasteiger partial charge in [0.1, 0.15) is 226 Å². The Morgan fingerprint density at radius 2 is 0.771 bits per heavy atom. The highest BCUT2D eigenvalue weighted by molar-refractivity contribution is 5.77. The molecule has 0 radical (unpaired) electrons. The molecule has 58 heteroatoms. The first-order valence-electron chi connectivity index (χ1n) is 41.5. The number of carbonyl (C=O) groups is 6. The maximum absolute atomic E-state index is 13.2. The number of amides is 5. The molecule has 58 nitrogen and oxygen atoms in total. The van der Waals surface area contributed by atoms with E-state index in [2.05, 4.69) is 26.6 Å². The minimum Gasteiger partial charge on any atom is -0.477 e. The van der Waals surface area contributed by atoms with E-state index < -0.39 is 414 Å². The number of rotatable bonds is 39. The number of carbonyl (C=O) groups excluding carboxylic acids is 5. The van der Waals surface area contributed by atoms with E-state index >= 15 is 0 Å². The minimum absolute atomic E-state index is 0.853. The van der Waals surface area contributed by atoms with Gasteiger partial charge in [-0.05, 0) is 6.92 Å². The van der Waals surface area contributed by atoms with Crippen LogP contribution in [0.3, 0.4) is 0 Å². The van der Waals surface area contributed by atoms with Crippen LogP contribution in [0.1, 0.15) is 48.0 Å². The maximum Gasteiger partial charge on any atom is 0.364 e. The van der Waals surface area contributed by atoms with Crippen molar-refractivity contribution in [2.75, 3.05) is 66.1 Å². The summed E-state index contributed by atoms with van der Waals surface area (Å²) in [7, 11) is 0. The van der Waals surface area contributed by atoms with Gasteiger partial charge in [0.05, 0.1) is 90.4 Å². The van der Waals surface area contributed by atoms with Crippen molar-refractivity contribution in [2.24, 2.45) is 0 Å². The number of nitrogens with one attached hydrogen (secondary N) is 5. The largest absolute Gasteiger partial charge is 0.477 e. The summed E-state index contributed by atoms with van der Waals surface area (Å²) in [6.45, 7) is -5.98. The topological polar surface area (TPSA) is 915 Å². The number of carboxylic acids is 1. The Morgan fingerprint density at radius 1 is 0.366 bits per heavy atom. The van der Waals surface area contributed by atoms with E-state index in [1.807, 2.05) is 0 Å². The Morgan fingerprint density at radius 3 is 1.26 bits per heavy atom. The van der Waals surface area contributed by atoms with Crippen molar-refractivity contribution < 1.29 is 262 Å². The quantitative estimate of drug-likeness (QED) is 0.0272. The first-order valence-corrected chi connectivity index (χ1v) is 41.5. The van der Waals surface area contributed by atoms with Crippen molar-refractivity contribution >= 4 is 35.5 Å². The molecule has 9 heterocycles. The number of aliphatic hydroxyl groups excluding tert-OH is 28. The van der Waals surface area contributed by atoms with E-state index in [9.17, 15) is 177 Å². The fraction of sp³-hybridized carbons (Fsp3) is 0.918. The summed E-state index contributed by atoms with van der Waals surface area (Å²) in [6, 6.07) is -9.48. The van der Waals surface area contributed by atoms with Gasteiger partial charge in [0, 0.05) is 41.0 Å². The van der Waals surface area contributed by atoms with Crippen LogP contribution in [0, 0.1) is 0 Å². The van der Waals surface area contributed by atoms with Crippen LogP contribution < -0.4 is 26.6 Å². The van der Waals surface area contributed by atoms with Gasteiger partial charge in [0.2, 0.25) is 29.5 Å². The molecule has 0 saturated carbocycles. The van der Waals surface area contributed by atoms with Gasteiger partial charge in [-0.1, -0.05) is 0 Å². The molecule has 9 aliphatic heterocycles. The predicted molar refractivity (Wildman–Crippen MR) is 406 cm³/mol. The van der Waals surface area contributed by atoms with Gasteiger partial charge >= 0.3 is 5.97 Å². The molecule has 5 amide bonds. The third-order valence-corrected chi connectivity index (χ3v) is 23.4. The molecule has 9 aliphatic rings. The molecule has 34 N–H and O–H groups in total. The van der Waals surface area contributed by atoms with E-state index in [1.54, 1.807) is 0 Å². The molecule has 9 unspecified atom stereocenters. The van der Waals surface area contributed by atoms with Crippen LogP contribution in [-0.2, 0) is 114 Å². The standard InChI is InChI=1S/C73H123N5O53/c1-18-39(94)50(105)54(109)67(117-18)114-15-27(93)57(40(95)24(8-79)74-19(2)86)125-65-37(77-22(5)89)48(103)59(32(14-85)121-65)127-69-56(111)61(46(101)33(123-69)16-115-70-62(52(107)43(98)29(11-82)119-70)129-64-36(76-21(4)88)47(102)42(97)28(10-81)118-64)128-71-63(53(108)44(99)30(12-83)120-71)130-66-38(78-23(6)90)49(104)58(31(13-84)122-66)126-68-55(110)51(106)45(100)34(124-68)17-116-73(72(112)113)7-25(91)35(75-20(3)87)60(131-73)41(96)26(92)9-80/h18,24-71,79-85,91-111H,7-17H2,1-6H3,(H,74,86)(H,75,87)(H,76,88)(H,77,89)(H,78,90)(H,112,113)/t18-,24-,25-,26+,27+,28+,29+,30+,31+,32+,33+,34+,35+,36+,37+,38+,39+,40+,41+,42+,43+,44+,45-,46+,47+,48+,49+,50+,51-,52-,53-,54-,55+,56-,57+,58+,59+,60+,61-,62-,63-,64?,65?,66?,67?,68?,69?,70?,71?,73?/m0/s1. The molecule has 9 saturated heterocycles. The fourth-order valence-corrected chi connectivity index (χ4v) is 16.4. The van der Waals surface area contributed by atoms with E-state index in [0.29, 0.717) is 0 Å². The van der Waals surface area contributed by atoms with Crippen molar-refractivity contribution in [3.8, 4) is 0 Å². The zero-order valence-electron chi connectivity index (χ0n) is 70.8. The summed E-state index contributed by atoms with van der Waals surface area (Å²) < 4.78 is 106. The Kier molecular flexibility index (Phi) is 40.2. The summed E-state index contributed by atoms with van der Waals surface area (Å²) in [6.07, 6.45) is -97.1. The van der Waals surface area contributed by atoms with Gasteiger partial charge in [-0.2, -0.15) is 0 Å². The number of hydrogen-bond acceptors (Lipinski definition) is 52. The van der Waals surface area contributed by atoms with E-state index in [4.69, 9.17) is 85.3 Å². The lowest BCUT2D eigenvalue weighted by atomic mass is 9.88. The van der Waals surface area contributed by atoms with Crippen molar-refractivity contribution in [1.29, 1.82) is 0 Å². The number of ether oxygens (including phenoxy) is 18. The van der Waals surface area contributed by atoms with E-state index in [0.717, 1.165) is 34.6 Å². The summed E-state index contributed by atoms with van der Waals surface area (Å²) >= 11 is 0. The zero-order chi connectivity index (χ0) is 97.3. The fourth-order valence-electron chi connectivity index (χ4n) is 16.4. The summed E-state index contributed by atoms with van der Waals surface area (Å²) in [5, 5.41) is 336. The molecule has 0 aromatic heterocycles. The molecular formula is C73H123N5O53. The van der Waals surface area contributed by atoms with Crippen LogP contribution >= 0.6 is 0 Å². The van der Waals surface area contributed by atoms with Crippen molar-refractivity contribution in [3.05, 3.63) is 0 Å². The van der Waals surface area contributed by atoms with Crippen LogP contribution in [0.4, 0.5) is 0 Å².